The first-order chi connectivity index (χ1) is 15.0. The Balaban J connectivity index is 1.52. The summed E-state index contributed by atoms with van der Waals surface area (Å²) in [7, 11) is 0. The van der Waals surface area contributed by atoms with Gasteiger partial charge >= 0.3 is 0 Å². The maximum absolute atomic E-state index is 12.6. The Kier molecular flexibility index (Phi) is 7.79. The molecule has 0 aliphatic heterocycles. The molecule has 31 heavy (non-hydrogen) atoms. The highest BCUT2D eigenvalue weighted by Gasteiger charge is 2.14. The van der Waals surface area contributed by atoms with E-state index in [-0.39, 0.29) is 30.7 Å². The fourth-order valence-corrected chi connectivity index (χ4v) is 3.07. The molecule has 7 heteroatoms. The molecule has 0 atom stereocenters. The number of rotatable bonds is 8. The molecule has 0 aliphatic rings. The first-order valence-electron chi connectivity index (χ1n) is 9.77. The molecule has 0 aromatic heterocycles. The Morgan fingerprint density at radius 2 is 1.52 bits per heavy atom. The van der Waals surface area contributed by atoms with Crippen LogP contribution in [0.2, 0.25) is 5.02 Å². The lowest BCUT2D eigenvalue weighted by Crippen LogP contribution is -2.31. The molecule has 3 amide bonds. The van der Waals surface area contributed by atoms with Gasteiger partial charge in [-0.3, -0.25) is 14.4 Å². The minimum atomic E-state index is -0.377. The third-order valence-corrected chi connectivity index (χ3v) is 4.71. The molecule has 158 valence electrons. The zero-order valence-corrected chi connectivity index (χ0v) is 17.5. The van der Waals surface area contributed by atoms with Crippen molar-refractivity contribution < 1.29 is 14.4 Å². The fourth-order valence-electron chi connectivity index (χ4n) is 2.88. The highest BCUT2D eigenvalue weighted by atomic mass is 35.5. The average Bonchev–Trinajstić information content (AvgIpc) is 2.78. The van der Waals surface area contributed by atoms with Crippen LogP contribution < -0.4 is 16.0 Å². The largest absolute Gasteiger partial charge is 0.352 e. The molecule has 0 heterocycles. The Morgan fingerprint density at radius 1 is 0.774 bits per heavy atom. The van der Waals surface area contributed by atoms with Crippen LogP contribution in [-0.4, -0.2) is 24.3 Å². The first kappa shape index (κ1) is 22.1. The normalized spacial score (nSPS) is 10.2. The van der Waals surface area contributed by atoms with Gasteiger partial charge in [0.15, 0.2) is 0 Å². The molecule has 0 aliphatic carbocycles. The summed E-state index contributed by atoms with van der Waals surface area (Å²) in [6.07, 6.45) is 0.148. The zero-order valence-electron chi connectivity index (χ0n) is 16.7. The lowest BCUT2D eigenvalue weighted by Gasteiger charge is -2.12. The molecule has 0 unspecified atom stereocenters. The van der Waals surface area contributed by atoms with Gasteiger partial charge in [0.1, 0.15) is 0 Å². The summed E-state index contributed by atoms with van der Waals surface area (Å²) >= 11 is 5.94. The molecule has 3 N–H and O–H groups in total. The number of carbonyl (C=O) groups is 3. The van der Waals surface area contributed by atoms with Crippen molar-refractivity contribution in [2.45, 2.75) is 13.0 Å². The van der Waals surface area contributed by atoms with Crippen molar-refractivity contribution in [1.82, 2.24) is 10.6 Å². The SMILES string of the molecule is O=C(CCNC(=O)c1ccccc1NC(=O)c1cccc(Cl)c1)NCc1ccccc1. The lowest BCUT2D eigenvalue weighted by atomic mass is 10.1. The molecule has 6 nitrogen and oxygen atoms in total. The molecule has 0 radical (unpaired) electrons. The van der Waals surface area contributed by atoms with Gasteiger partial charge in [-0.1, -0.05) is 60.1 Å². The summed E-state index contributed by atoms with van der Waals surface area (Å²) in [4.78, 5) is 37.1. The summed E-state index contributed by atoms with van der Waals surface area (Å²) in [5.41, 5.74) is 2.07. The summed E-state index contributed by atoms with van der Waals surface area (Å²) in [5, 5.41) is 8.72. The number of nitrogens with one attached hydrogen (secondary N) is 3. The smallest absolute Gasteiger partial charge is 0.255 e. The number of hydrogen-bond donors (Lipinski definition) is 3. The highest BCUT2D eigenvalue weighted by molar-refractivity contribution is 6.31. The molecule has 3 aromatic carbocycles. The molecular weight excluding hydrogens is 414 g/mol. The van der Waals surface area contributed by atoms with E-state index in [1.165, 1.54) is 0 Å². The second kappa shape index (κ2) is 10.9. The van der Waals surface area contributed by atoms with Gasteiger partial charge in [-0.25, -0.2) is 0 Å². The number of hydrogen-bond acceptors (Lipinski definition) is 3. The van der Waals surface area contributed by atoms with Crippen molar-refractivity contribution >= 4 is 35.0 Å². The topological polar surface area (TPSA) is 87.3 Å². The number of halogens is 1. The van der Waals surface area contributed by atoms with Gasteiger partial charge in [0, 0.05) is 30.1 Å². The first-order valence-corrected chi connectivity index (χ1v) is 10.2. The van der Waals surface area contributed by atoms with Gasteiger partial charge < -0.3 is 16.0 Å². The molecule has 0 spiro atoms. The molecule has 0 bridgehead atoms. The zero-order chi connectivity index (χ0) is 22.1. The van der Waals surface area contributed by atoms with Crippen molar-refractivity contribution in [3.63, 3.8) is 0 Å². The number of benzene rings is 3. The Bertz CT molecular complexity index is 1070. The summed E-state index contributed by atoms with van der Waals surface area (Å²) in [6.45, 7) is 0.613. The monoisotopic (exact) mass is 435 g/mol. The average molecular weight is 436 g/mol. The van der Waals surface area contributed by atoms with E-state index in [1.807, 2.05) is 30.3 Å². The Hall–Kier alpha value is -3.64. The van der Waals surface area contributed by atoms with E-state index in [1.54, 1.807) is 48.5 Å². The second-order valence-electron chi connectivity index (χ2n) is 6.78. The molecular formula is C24H22ClN3O3. The standard InChI is InChI=1S/C24H22ClN3O3/c25-19-10-6-9-18(15-19)23(30)28-21-12-5-4-11-20(21)24(31)26-14-13-22(29)27-16-17-7-2-1-3-8-17/h1-12,15H,13-14,16H2,(H,26,31)(H,27,29)(H,28,30). The molecule has 0 saturated carbocycles. The minimum absolute atomic E-state index is 0.148. The Labute approximate surface area is 185 Å². The van der Waals surface area contributed by atoms with E-state index < -0.39 is 0 Å². The van der Waals surface area contributed by atoms with Gasteiger partial charge in [-0.05, 0) is 35.9 Å². The van der Waals surface area contributed by atoms with Gasteiger partial charge in [0.25, 0.3) is 11.8 Å². The van der Waals surface area contributed by atoms with E-state index >= 15 is 0 Å². The minimum Gasteiger partial charge on any atom is -0.352 e. The van der Waals surface area contributed by atoms with Crippen LogP contribution in [0, 0.1) is 0 Å². The van der Waals surface area contributed by atoms with Crippen LogP contribution in [0.3, 0.4) is 0 Å². The number of carbonyl (C=O) groups excluding carboxylic acids is 3. The van der Waals surface area contributed by atoms with E-state index in [9.17, 15) is 14.4 Å². The van der Waals surface area contributed by atoms with E-state index in [0.717, 1.165) is 5.56 Å². The molecule has 3 rings (SSSR count). The number of anilines is 1. The van der Waals surface area contributed by atoms with Gasteiger partial charge in [0.05, 0.1) is 11.3 Å². The van der Waals surface area contributed by atoms with Crippen LogP contribution in [0.5, 0.6) is 0 Å². The maximum atomic E-state index is 12.6. The molecule has 3 aromatic rings. The highest BCUT2D eigenvalue weighted by Crippen LogP contribution is 2.17. The third kappa shape index (κ3) is 6.69. The van der Waals surface area contributed by atoms with Crippen LogP contribution in [0.25, 0.3) is 0 Å². The number of para-hydroxylation sites is 1. The van der Waals surface area contributed by atoms with Crippen molar-refractivity contribution in [2.75, 3.05) is 11.9 Å². The third-order valence-electron chi connectivity index (χ3n) is 4.48. The number of amides is 3. The molecule has 0 saturated heterocycles. The molecule has 0 fully saturated rings. The van der Waals surface area contributed by atoms with Crippen LogP contribution in [0.4, 0.5) is 5.69 Å². The van der Waals surface area contributed by atoms with E-state index in [0.29, 0.717) is 28.4 Å². The summed E-state index contributed by atoms with van der Waals surface area (Å²) < 4.78 is 0. The van der Waals surface area contributed by atoms with Crippen LogP contribution in [0.1, 0.15) is 32.7 Å². The van der Waals surface area contributed by atoms with Gasteiger partial charge in [0.2, 0.25) is 5.91 Å². The fraction of sp³-hybridized carbons (Fsp3) is 0.125. The quantitative estimate of drug-likeness (QED) is 0.499. The van der Waals surface area contributed by atoms with Crippen molar-refractivity contribution in [2.24, 2.45) is 0 Å². The van der Waals surface area contributed by atoms with Gasteiger partial charge in [-0.15, -0.1) is 0 Å². The van der Waals surface area contributed by atoms with Crippen LogP contribution in [-0.2, 0) is 11.3 Å². The maximum Gasteiger partial charge on any atom is 0.255 e. The summed E-state index contributed by atoms with van der Waals surface area (Å²) in [5.74, 6) is -0.910. The van der Waals surface area contributed by atoms with Crippen molar-refractivity contribution in [1.29, 1.82) is 0 Å². The van der Waals surface area contributed by atoms with Crippen LogP contribution in [0.15, 0.2) is 78.9 Å². The van der Waals surface area contributed by atoms with E-state index in [2.05, 4.69) is 16.0 Å². The predicted octanol–water partition coefficient (Wildman–Crippen LogP) is 4.03. The van der Waals surface area contributed by atoms with Gasteiger partial charge in [-0.2, -0.15) is 0 Å². The van der Waals surface area contributed by atoms with Crippen LogP contribution >= 0.6 is 11.6 Å². The van der Waals surface area contributed by atoms with E-state index in [4.69, 9.17) is 11.6 Å². The second-order valence-corrected chi connectivity index (χ2v) is 7.21. The summed E-state index contributed by atoms with van der Waals surface area (Å²) in [6, 6.07) is 22.8. The van der Waals surface area contributed by atoms with Crippen molar-refractivity contribution in [3.8, 4) is 0 Å². The predicted molar refractivity (Wildman–Crippen MR) is 121 cm³/mol. The Morgan fingerprint density at radius 3 is 2.29 bits per heavy atom. The lowest BCUT2D eigenvalue weighted by molar-refractivity contribution is -0.121. The van der Waals surface area contributed by atoms with Crippen molar-refractivity contribution in [3.05, 3.63) is 101 Å².